The number of hydrogen-bond acceptors (Lipinski definition) is 8. The summed E-state index contributed by atoms with van der Waals surface area (Å²) in [6.45, 7) is 6.23. The standard InChI is InChI=1S/C24H32F4N7O4P/c1-5-9-38-22(36)23(3,4)34-40(37,33-19(24(26,27)28)16-7-6-8-17(25)10-16)14-39-15(2)11-35-13-32-18-20(29)30-12-31-21(18)35/h6-8,10,12-13,15,19H,5,9,11,14H2,1-4H3,(H2,29,30,31)(H2,33,34,37). The number of fused-ring (bicyclic) bond motifs is 1. The van der Waals surface area contributed by atoms with E-state index < -0.39 is 55.0 Å². The van der Waals surface area contributed by atoms with Crippen LogP contribution in [-0.4, -0.2) is 56.3 Å². The second kappa shape index (κ2) is 12.6. The molecule has 0 aliphatic rings. The topological polar surface area (TPSA) is 146 Å². The van der Waals surface area contributed by atoms with Crippen molar-refractivity contribution >= 4 is 30.4 Å². The molecule has 11 nitrogen and oxygen atoms in total. The van der Waals surface area contributed by atoms with Gasteiger partial charge in [-0.25, -0.2) is 29.5 Å². The summed E-state index contributed by atoms with van der Waals surface area (Å²) in [4.78, 5) is 24.8. The molecule has 2 heterocycles. The van der Waals surface area contributed by atoms with E-state index in [0.717, 1.165) is 18.2 Å². The van der Waals surface area contributed by atoms with Crippen molar-refractivity contribution in [3.8, 4) is 0 Å². The number of carbonyl (C=O) groups excluding carboxylic acids is 1. The number of aromatic nitrogens is 4. The number of hydrogen-bond donors (Lipinski definition) is 3. The second-order valence-electron chi connectivity index (χ2n) is 9.71. The van der Waals surface area contributed by atoms with Crippen molar-refractivity contribution in [1.82, 2.24) is 29.7 Å². The molecule has 0 spiro atoms. The summed E-state index contributed by atoms with van der Waals surface area (Å²) >= 11 is 0. The van der Waals surface area contributed by atoms with E-state index in [4.69, 9.17) is 15.2 Å². The molecule has 0 saturated carbocycles. The molecule has 3 atom stereocenters. The molecule has 3 aromatic rings. The summed E-state index contributed by atoms with van der Waals surface area (Å²) in [7, 11) is -4.40. The summed E-state index contributed by atoms with van der Waals surface area (Å²) in [5.74, 6) is -1.55. The van der Waals surface area contributed by atoms with Crippen LogP contribution >= 0.6 is 7.44 Å². The van der Waals surface area contributed by atoms with E-state index >= 15 is 0 Å². The van der Waals surface area contributed by atoms with Crippen LogP contribution in [0.4, 0.5) is 23.4 Å². The Morgan fingerprint density at radius 2 is 1.95 bits per heavy atom. The minimum atomic E-state index is -4.97. The Bertz CT molecular complexity index is 1370. The smallest absolute Gasteiger partial charge is 0.408 e. The maximum absolute atomic E-state index is 14.2. The lowest BCUT2D eigenvalue weighted by Gasteiger charge is -2.34. The molecule has 1 aromatic carbocycles. The fourth-order valence-corrected chi connectivity index (χ4v) is 6.17. The number of anilines is 1. The predicted octanol–water partition coefficient (Wildman–Crippen LogP) is 4.32. The number of carbonyl (C=O) groups is 1. The summed E-state index contributed by atoms with van der Waals surface area (Å²) in [5, 5.41) is 4.61. The van der Waals surface area contributed by atoms with Gasteiger partial charge in [0.25, 0.3) is 0 Å². The summed E-state index contributed by atoms with van der Waals surface area (Å²) in [6, 6.07) is 1.31. The van der Waals surface area contributed by atoms with Crippen LogP contribution in [0.5, 0.6) is 0 Å². The molecule has 0 bridgehead atoms. The van der Waals surface area contributed by atoms with Crippen LogP contribution in [0.25, 0.3) is 11.2 Å². The molecule has 0 amide bonds. The van der Waals surface area contributed by atoms with Gasteiger partial charge in [0.2, 0.25) is 7.44 Å². The van der Waals surface area contributed by atoms with Crippen LogP contribution in [0.3, 0.4) is 0 Å². The summed E-state index contributed by atoms with van der Waals surface area (Å²) in [6.07, 6.45) is -3.23. The SMILES string of the molecule is CCCOC(=O)C(C)(C)NP(=O)(COC(C)Cn1cnc2c(N)ncnc21)NC(c1cccc(F)c1)C(F)(F)F. The minimum absolute atomic E-state index is 0.0661. The van der Waals surface area contributed by atoms with Crippen molar-refractivity contribution in [2.24, 2.45) is 0 Å². The highest BCUT2D eigenvalue weighted by molar-refractivity contribution is 7.59. The zero-order valence-electron chi connectivity index (χ0n) is 22.4. The molecule has 0 fully saturated rings. The van der Waals surface area contributed by atoms with Gasteiger partial charge in [0.05, 0.1) is 25.6 Å². The maximum atomic E-state index is 14.2. The van der Waals surface area contributed by atoms with Gasteiger partial charge in [0.15, 0.2) is 11.5 Å². The van der Waals surface area contributed by atoms with Gasteiger partial charge in [-0.3, -0.25) is 9.36 Å². The molecule has 0 radical (unpaired) electrons. The molecule has 3 unspecified atom stereocenters. The molecule has 0 aliphatic carbocycles. The Morgan fingerprint density at radius 1 is 1.23 bits per heavy atom. The largest absolute Gasteiger partial charge is 0.464 e. The Morgan fingerprint density at radius 3 is 2.60 bits per heavy atom. The van der Waals surface area contributed by atoms with Gasteiger partial charge in [0.1, 0.15) is 35.6 Å². The number of rotatable bonds is 13. The number of nitrogen functional groups attached to an aromatic ring is 1. The Balaban J connectivity index is 1.87. The molecule has 2 aromatic heterocycles. The van der Waals surface area contributed by atoms with Gasteiger partial charge < -0.3 is 19.8 Å². The Hall–Kier alpha value is -3.13. The highest BCUT2D eigenvalue weighted by Gasteiger charge is 2.47. The number of nitrogens with two attached hydrogens (primary N) is 1. The monoisotopic (exact) mass is 589 g/mol. The van der Waals surface area contributed by atoms with Crippen molar-refractivity contribution in [3.63, 3.8) is 0 Å². The van der Waals surface area contributed by atoms with Gasteiger partial charge in [-0.1, -0.05) is 19.1 Å². The first-order valence-corrected chi connectivity index (χ1v) is 14.2. The van der Waals surface area contributed by atoms with Crippen LogP contribution in [0.2, 0.25) is 0 Å². The minimum Gasteiger partial charge on any atom is -0.464 e. The third kappa shape index (κ3) is 7.96. The van der Waals surface area contributed by atoms with Gasteiger partial charge in [-0.05, 0) is 44.9 Å². The number of esters is 1. The molecule has 4 N–H and O–H groups in total. The first-order valence-electron chi connectivity index (χ1n) is 12.3. The van der Waals surface area contributed by atoms with Crippen molar-refractivity contribution in [2.45, 2.75) is 64.5 Å². The summed E-state index contributed by atoms with van der Waals surface area (Å²) < 4.78 is 82.8. The average Bonchev–Trinajstić information content (AvgIpc) is 3.27. The van der Waals surface area contributed by atoms with Crippen molar-refractivity contribution < 1.29 is 36.4 Å². The van der Waals surface area contributed by atoms with Gasteiger partial charge >= 0.3 is 12.1 Å². The highest BCUT2D eigenvalue weighted by atomic mass is 31.2. The first-order chi connectivity index (χ1) is 18.6. The van der Waals surface area contributed by atoms with Gasteiger partial charge in [-0.15, -0.1) is 0 Å². The fourth-order valence-electron chi connectivity index (χ4n) is 3.80. The number of benzene rings is 1. The lowest BCUT2D eigenvalue weighted by atomic mass is 10.1. The number of imidazole rings is 1. The van der Waals surface area contributed by atoms with Crippen molar-refractivity contribution in [1.29, 1.82) is 0 Å². The number of ether oxygens (including phenoxy) is 2. The maximum Gasteiger partial charge on any atom is 0.408 e. The van der Waals surface area contributed by atoms with Gasteiger partial charge in [-0.2, -0.15) is 13.2 Å². The Labute approximate surface area is 228 Å². The van der Waals surface area contributed by atoms with Crippen molar-refractivity contribution in [3.05, 3.63) is 48.3 Å². The number of nitrogens with one attached hydrogen (secondary N) is 2. The third-order valence-electron chi connectivity index (χ3n) is 5.68. The number of halogens is 4. The third-order valence-corrected chi connectivity index (χ3v) is 7.79. The van der Waals surface area contributed by atoms with Crippen LogP contribution in [0.1, 0.15) is 45.7 Å². The van der Waals surface area contributed by atoms with E-state index in [1.807, 2.05) is 0 Å². The number of alkyl halides is 3. The highest BCUT2D eigenvalue weighted by Crippen LogP contribution is 2.46. The van der Waals surface area contributed by atoms with Crippen LogP contribution in [-0.2, 0) is 25.4 Å². The zero-order chi connectivity index (χ0) is 29.7. The molecule has 16 heteroatoms. The van der Waals surface area contributed by atoms with E-state index in [2.05, 4.69) is 25.1 Å². The van der Waals surface area contributed by atoms with Crippen LogP contribution in [0, 0.1) is 5.82 Å². The second-order valence-corrected chi connectivity index (χ2v) is 11.9. The lowest BCUT2D eigenvalue weighted by Crippen LogP contribution is -2.50. The zero-order valence-corrected chi connectivity index (χ0v) is 23.3. The average molecular weight is 590 g/mol. The lowest BCUT2D eigenvalue weighted by molar-refractivity contribution is -0.153. The summed E-state index contributed by atoms with van der Waals surface area (Å²) in [5.41, 5.74) is 4.40. The van der Waals surface area contributed by atoms with Crippen molar-refractivity contribution in [2.75, 3.05) is 18.7 Å². The molecule has 0 aliphatic heterocycles. The van der Waals surface area contributed by atoms with Crippen LogP contribution in [0.15, 0.2) is 36.9 Å². The van der Waals surface area contributed by atoms with E-state index in [1.165, 1.54) is 26.5 Å². The van der Waals surface area contributed by atoms with E-state index in [1.54, 1.807) is 18.4 Å². The Kier molecular flexibility index (Phi) is 9.88. The van der Waals surface area contributed by atoms with E-state index in [0.29, 0.717) is 23.7 Å². The molecular weight excluding hydrogens is 557 g/mol. The predicted molar refractivity (Wildman–Crippen MR) is 140 cm³/mol. The van der Waals surface area contributed by atoms with Gasteiger partial charge in [0, 0.05) is 0 Å². The quantitative estimate of drug-likeness (QED) is 0.150. The molecule has 40 heavy (non-hydrogen) atoms. The van der Waals surface area contributed by atoms with E-state index in [-0.39, 0.29) is 19.0 Å². The molecule has 220 valence electrons. The molecule has 0 saturated heterocycles. The normalized spacial score (nSPS) is 15.5. The van der Waals surface area contributed by atoms with E-state index in [9.17, 15) is 26.9 Å². The molecule has 3 rings (SSSR count). The molecular formula is C24H32F4N7O4P. The van der Waals surface area contributed by atoms with Crippen LogP contribution < -0.4 is 15.9 Å². The first kappa shape index (κ1) is 31.4. The fraction of sp³-hybridized carbons (Fsp3) is 0.500. The number of nitrogens with zero attached hydrogens (tertiary/aromatic N) is 4.